The minimum absolute atomic E-state index is 0.136. The van der Waals surface area contributed by atoms with Crippen molar-refractivity contribution in [1.82, 2.24) is 14.4 Å². The Morgan fingerprint density at radius 2 is 2.14 bits per heavy atom. The van der Waals surface area contributed by atoms with E-state index in [2.05, 4.69) is 9.97 Å². The normalized spacial score (nSPS) is 10.8. The van der Waals surface area contributed by atoms with Gasteiger partial charge in [-0.15, -0.1) is 0 Å². The number of hydrogen-bond donors (Lipinski definition) is 1. The molecule has 0 saturated heterocycles. The summed E-state index contributed by atoms with van der Waals surface area (Å²) in [5.74, 6) is -0.590. The van der Waals surface area contributed by atoms with Crippen molar-refractivity contribution in [3.8, 4) is 17.3 Å². The van der Waals surface area contributed by atoms with Crippen LogP contribution in [0, 0.1) is 6.92 Å². The van der Waals surface area contributed by atoms with E-state index >= 15 is 0 Å². The number of carbonyl (C=O) groups is 1. The van der Waals surface area contributed by atoms with Gasteiger partial charge in [-0.25, -0.2) is 9.78 Å². The fourth-order valence-corrected chi connectivity index (χ4v) is 2.30. The van der Waals surface area contributed by atoms with Crippen molar-refractivity contribution in [2.45, 2.75) is 6.92 Å². The van der Waals surface area contributed by atoms with Crippen molar-refractivity contribution < 1.29 is 14.6 Å². The van der Waals surface area contributed by atoms with Crippen LogP contribution >= 0.6 is 0 Å². The van der Waals surface area contributed by atoms with E-state index in [1.165, 1.54) is 19.2 Å². The highest BCUT2D eigenvalue weighted by atomic mass is 16.5. The third-order valence-corrected chi connectivity index (χ3v) is 3.28. The van der Waals surface area contributed by atoms with Gasteiger partial charge in [0.1, 0.15) is 11.3 Å². The lowest BCUT2D eigenvalue weighted by Crippen LogP contribution is -2.02. The third kappa shape index (κ3) is 2.10. The lowest BCUT2D eigenvalue weighted by molar-refractivity contribution is 0.0696. The molecule has 106 valence electrons. The Morgan fingerprint density at radius 3 is 2.76 bits per heavy atom. The molecule has 3 aromatic heterocycles. The van der Waals surface area contributed by atoms with Crippen molar-refractivity contribution in [3.63, 3.8) is 0 Å². The number of rotatable bonds is 3. The van der Waals surface area contributed by atoms with Crippen LogP contribution < -0.4 is 4.74 Å². The Bertz CT molecular complexity index is 825. The van der Waals surface area contributed by atoms with E-state index in [-0.39, 0.29) is 5.56 Å². The average Bonchev–Trinajstić information content (AvgIpc) is 2.84. The smallest absolute Gasteiger partial charge is 0.336 e. The molecule has 3 heterocycles. The second-order valence-electron chi connectivity index (χ2n) is 4.55. The first kappa shape index (κ1) is 13.1. The van der Waals surface area contributed by atoms with E-state index in [4.69, 9.17) is 9.84 Å². The zero-order valence-electron chi connectivity index (χ0n) is 11.6. The number of fused-ring (bicyclic) bond motifs is 1. The molecule has 6 nitrogen and oxygen atoms in total. The molecular formula is C15H13N3O3. The number of methoxy groups -OCH3 is 1. The Labute approximate surface area is 120 Å². The van der Waals surface area contributed by atoms with Gasteiger partial charge in [0.15, 0.2) is 5.88 Å². The summed E-state index contributed by atoms with van der Waals surface area (Å²) < 4.78 is 7.06. The number of nitrogens with zero attached hydrogens (tertiary/aromatic N) is 3. The molecule has 21 heavy (non-hydrogen) atoms. The second kappa shape index (κ2) is 4.90. The van der Waals surface area contributed by atoms with Gasteiger partial charge in [-0.3, -0.25) is 9.38 Å². The topological polar surface area (TPSA) is 76.7 Å². The molecular weight excluding hydrogens is 270 g/mol. The van der Waals surface area contributed by atoms with Gasteiger partial charge in [-0.1, -0.05) is 6.07 Å². The summed E-state index contributed by atoms with van der Waals surface area (Å²) >= 11 is 0. The monoisotopic (exact) mass is 283 g/mol. The highest BCUT2D eigenvalue weighted by molar-refractivity contribution is 5.89. The maximum absolute atomic E-state index is 11.2. The first-order valence-corrected chi connectivity index (χ1v) is 6.33. The van der Waals surface area contributed by atoms with Crippen LogP contribution in [0.15, 0.2) is 36.5 Å². The van der Waals surface area contributed by atoms with Crippen molar-refractivity contribution in [1.29, 1.82) is 0 Å². The molecule has 0 radical (unpaired) electrons. The van der Waals surface area contributed by atoms with Crippen LogP contribution in [0.5, 0.6) is 5.88 Å². The molecule has 0 saturated carbocycles. The molecule has 1 N–H and O–H groups in total. The molecule has 0 bridgehead atoms. The Kier molecular flexibility index (Phi) is 3.06. The van der Waals surface area contributed by atoms with E-state index in [1.54, 1.807) is 10.6 Å². The van der Waals surface area contributed by atoms with Gasteiger partial charge in [0.25, 0.3) is 0 Å². The van der Waals surface area contributed by atoms with E-state index in [1.807, 2.05) is 25.1 Å². The highest BCUT2D eigenvalue weighted by Crippen LogP contribution is 2.27. The molecule has 0 aliphatic rings. The van der Waals surface area contributed by atoms with Crippen molar-refractivity contribution >= 4 is 11.6 Å². The van der Waals surface area contributed by atoms with Crippen LogP contribution in [0.4, 0.5) is 0 Å². The average molecular weight is 283 g/mol. The van der Waals surface area contributed by atoms with E-state index in [0.29, 0.717) is 17.2 Å². The molecule has 0 aliphatic carbocycles. The Hall–Kier alpha value is -2.89. The minimum atomic E-state index is -1.02. The standard InChI is InChI=1S/C15H13N3O3/c1-9-14(11-5-3-4-6-16-11)17-12-7-10(15(19)20)8-13(21-2)18(9)12/h3-8H,1-2H3,(H,19,20). The third-order valence-electron chi connectivity index (χ3n) is 3.28. The number of hydrogen-bond acceptors (Lipinski definition) is 4. The fourth-order valence-electron chi connectivity index (χ4n) is 2.30. The summed E-state index contributed by atoms with van der Waals surface area (Å²) in [4.78, 5) is 19.9. The lowest BCUT2D eigenvalue weighted by Gasteiger charge is -2.07. The van der Waals surface area contributed by atoms with Crippen molar-refractivity contribution in [3.05, 3.63) is 47.8 Å². The number of aromatic carboxylic acids is 1. The maximum atomic E-state index is 11.2. The lowest BCUT2D eigenvalue weighted by atomic mass is 10.2. The molecule has 3 aromatic rings. The molecule has 6 heteroatoms. The van der Waals surface area contributed by atoms with Gasteiger partial charge in [0, 0.05) is 12.3 Å². The minimum Gasteiger partial charge on any atom is -0.482 e. The second-order valence-corrected chi connectivity index (χ2v) is 4.55. The fraction of sp³-hybridized carbons (Fsp3) is 0.133. The number of aryl methyl sites for hydroxylation is 1. The van der Waals surface area contributed by atoms with Crippen molar-refractivity contribution in [2.75, 3.05) is 7.11 Å². The number of ether oxygens (including phenoxy) is 1. The molecule has 0 fully saturated rings. The highest BCUT2D eigenvalue weighted by Gasteiger charge is 2.17. The molecule has 0 atom stereocenters. The number of pyridine rings is 2. The summed E-state index contributed by atoms with van der Waals surface area (Å²) in [5.41, 5.74) is 2.94. The zero-order valence-corrected chi connectivity index (χ0v) is 11.6. The van der Waals surface area contributed by atoms with Crippen LogP contribution in [0.3, 0.4) is 0 Å². The van der Waals surface area contributed by atoms with E-state index in [9.17, 15) is 4.79 Å². The number of carboxylic acids is 1. The van der Waals surface area contributed by atoms with Gasteiger partial charge < -0.3 is 9.84 Å². The first-order chi connectivity index (χ1) is 10.1. The number of aromatic nitrogens is 3. The maximum Gasteiger partial charge on any atom is 0.336 e. The molecule has 0 spiro atoms. The predicted molar refractivity (Wildman–Crippen MR) is 76.7 cm³/mol. The van der Waals surface area contributed by atoms with Crippen LogP contribution in [0.25, 0.3) is 17.0 Å². The Morgan fingerprint density at radius 1 is 1.33 bits per heavy atom. The number of imidazole rings is 1. The van der Waals surface area contributed by atoms with Gasteiger partial charge in [0.2, 0.25) is 0 Å². The molecule has 3 rings (SSSR count). The molecule has 0 aliphatic heterocycles. The van der Waals surface area contributed by atoms with Crippen LogP contribution in [-0.4, -0.2) is 32.6 Å². The summed E-state index contributed by atoms with van der Waals surface area (Å²) in [6.07, 6.45) is 1.69. The quantitative estimate of drug-likeness (QED) is 0.798. The SMILES string of the molecule is COc1cc(C(=O)O)cc2nc(-c3ccccn3)c(C)n12. The van der Waals surface area contributed by atoms with E-state index in [0.717, 1.165) is 11.4 Å². The summed E-state index contributed by atoms with van der Waals surface area (Å²) in [7, 11) is 1.50. The van der Waals surface area contributed by atoms with Gasteiger partial charge in [-0.05, 0) is 25.1 Å². The largest absolute Gasteiger partial charge is 0.482 e. The van der Waals surface area contributed by atoms with Crippen LogP contribution in [0.1, 0.15) is 16.1 Å². The van der Waals surface area contributed by atoms with Gasteiger partial charge in [0.05, 0.1) is 24.1 Å². The van der Waals surface area contributed by atoms with Crippen LogP contribution in [-0.2, 0) is 0 Å². The summed E-state index contributed by atoms with van der Waals surface area (Å²) in [6, 6.07) is 8.57. The molecule has 0 aromatic carbocycles. The summed E-state index contributed by atoms with van der Waals surface area (Å²) in [6.45, 7) is 1.90. The molecule has 0 unspecified atom stereocenters. The van der Waals surface area contributed by atoms with Crippen molar-refractivity contribution in [2.24, 2.45) is 0 Å². The molecule has 0 amide bonds. The van der Waals surface area contributed by atoms with Gasteiger partial charge >= 0.3 is 5.97 Å². The summed E-state index contributed by atoms with van der Waals surface area (Å²) in [5, 5.41) is 9.15. The Balaban J connectivity index is 2.31. The van der Waals surface area contributed by atoms with E-state index < -0.39 is 5.97 Å². The predicted octanol–water partition coefficient (Wildman–Crippen LogP) is 2.41. The van der Waals surface area contributed by atoms with Crippen LogP contribution in [0.2, 0.25) is 0 Å². The van der Waals surface area contributed by atoms with Gasteiger partial charge in [-0.2, -0.15) is 0 Å². The zero-order chi connectivity index (χ0) is 15.0. The number of carboxylic acid groups (broad SMARTS) is 1. The first-order valence-electron chi connectivity index (χ1n) is 6.33.